The van der Waals surface area contributed by atoms with E-state index in [0.29, 0.717) is 0 Å². The van der Waals surface area contributed by atoms with Crippen LogP contribution in [0.1, 0.15) is 15.9 Å². The summed E-state index contributed by atoms with van der Waals surface area (Å²) in [4.78, 5) is 10.3. The second kappa shape index (κ2) is 3.80. The minimum Gasteiger partial charge on any atom is -0.477 e. The van der Waals surface area contributed by atoms with Crippen LogP contribution in [0.4, 0.5) is 17.6 Å². The molecule has 0 unspecified atom stereocenters. The number of nitrogen functional groups attached to an aromatic ring is 1. The largest absolute Gasteiger partial charge is 0.477 e. The predicted molar refractivity (Wildman–Crippen MR) is 44.2 cm³/mol. The van der Waals surface area contributed by atoms with Crippen LogP contribution in [0.25, 0.3) is 0 Å². The standard InChI is InChI=1S/C8H4F4N2O2/c9-3-1(7(13)14)4(10)6(12)2(5(3)11)8(15)16/h(H3,13,14)(H,15,16). The summed E-state index contributed by atoms with van der Waals surface area (Å²) in [7, 11) is 0. The van der Waals surface area contributed by atoms with Gasteiger partial charge in [0.1, 0.15) is 11.4 Å². The van der Waals surface area contributed by atoms with Gasteiger partial charge in [-0.15, -0.1) is 0 Å². The lowest BCUT2D eigenvalue weighted by molar-refractivity contribution is 0.0683. The van der Waals surface area contributed by atoms with Crippen molar-refractivity contribution in [2.45, 2.75) is 0 Å². The molecule has 0 fully saturated rings. The number of halogens is 4. The molecule has 0 aromatic heterocycles. The molecule has 1 aromatic rings. The van der Waals surface area contributed by atoms with E-state index in [2.05, 4.69) is 0 Å². The van der Waals surface area contributed by atoms with E-state index in [1.807, 2.05) is 0 Å². The molecular formula is C8H4F4N2O2. The van der Waals surface area contributed by atoms with Gasteiger partial charge < -0.3 is 10.8 Å². The number of aromatic carboxylic acids is 1. The first-order chi connectivity index (χ1) is 7.29. The summed E-state index contributed by atoms with van der Waals surface area (Å²) < 4.78 is 52.1. The molecule has 0 amide bonds. The van der Waals surface area contributed by atoms with Crippen LogP contribution in [-0.4, -0.2) is 16.9 Å². The molecule has 1 aromatic carbocycles. The third-order valence-electron chi connectivity index (χ3n) is 1.75. The van der Waals surface area contributed by atoms with Crippen molar-refractivity contribution in [3.8, 4) is 0 Å². The number of carbonyl (C=O) groups is 1. The van der Waals surface area contributed by atoms with E-state index in [1.54, 1.807) is 0 Å². The zero-order valence-corrected chi connectivity index (χ0v) is 7.44. The normalized spacial score (nSPS) is 10.2. The second-order valence-corrected chi connectivity index (χ2v) is 2.72. The quantitative estimate of drug-likeness (QED) is 0.312. The Labute approximate surface area is 85.8 Å². The van der Waals surface area contributed by atoms with Gasteiger partial charge in [0, 0.05) is 0 Å². The highest BCUT2D eigenvalue weighted by molar-refractivity contribution is 5.97. The maximum Gasteiger partial charge on any atom is 0.341 e. The van der Waals surface area contributed by atoms with Crippen LogP contribution in [0.5, 0.6) is 0 Å². The molecule has 0 radical (unpaired) electrons. The highest BCUT2D eigenvalue weighted by atomic mass is 19.2. The Balaban J connectivity index is 3.77. The van der Waals surface area contributed by atoms with Gasteiger partial charge in [0.05, 0.1) is 5.56 Å². The van der Waals surface area contributed by atoms with E-state index in [1.165, 1.54) is 0 Å². The molecule has 0 aliphatic heterocycles. The number of carboxylic acid groups (broad SMARTS) is 1. The Hall–Kier alpha value is -2.12. The lowest BCUT2D eigenvalue weighted by Crippen LogP contribution is -2.21. The molecule has 0 atom stereocenters. The van der Waals surface area contributed by atoms with Gasteiger partial charge in [0.15, 0.2) is 23.3 Å². The number of rotatable bonds is 2. The lowest BCUT2D eigenvalue weighted by Gasteiger charge is -2.07. The van der Waals surface area contributed by atoms with E-state index in [0.717, 1.165) is 0 Å². The maximum atomic E-state index is 13.0. The van der Waals surface area contributed by atoms with Crippen molar-refractivity contribution >= 4 is 11.8 Å². The fourth-order valence-electron chi connectivity index (χ4n) is 1.06. The van der Waals surface area contributed by atoms with Gasteiger partial charge in [-0.1, -0.05) is 0 Å². The summed E-state index contributed by atoms with van der Waals surface area (Å²) in [6.07, 6.45) is 0. The third kappa shape index (κ3) is 1.58. The van der Waals surface area contributed by atoms with Gasteiger partial charge in [-0.3, -0.25) is 5.41 Å². The number of benzene rings is 1. The number of hydrogen-bond donors (Lipinski definition) is 3. The first-order valence-electron chi connectivity index (χ1n) is 3.72. The van der Waals surface area contributed by atoms with Gasteiger partial charge in [-0.25, -0.2) is 22.4 Å². The molecule has 86 valence electrons. The highest BCUT2D eigenvalue weighted by Crippen LogP contribution is 2.23. The Bertz CT molecular complexity index is 427. The van der Waals surface area contributed by atoms with Gasteiger partial charge >= 0.3 is 5.97 Å². The highest BCUT2D eigenvalue weighted by Gasteiger charge is 2.30. The molecule has 0 spiro atoms. The first kappa shape index (κ1) is 12.0. The summed E-state index contributed by atoms with van der Waals surface area (Å²) in [6.45, 7) is 0. The molecule has 8 heteroatoms. The fourth-order valence-corrected chi connectivity index (χ4v) is 1.06. The molecule has 0 heterocycles. The maximum absolute atomic E-state index is 13.0. The van der Waals surface area contributed by atoms with Gasteiger partial charge in [-0.2, -0.15) is 0 Å². The zero-order valence-electron chi connectivity index (χ0n) is 7.44. The van der Waals surface area contributed by atoms with E-state index >= 15 is 0 Å². The lowest BCUT2D eigenvalue weighted by atomic mass is 10.1. The van der Waals surface area contributed by atoms with E-state index in [-0.39, 0.29) is 0 Å². The molecule has 4 N–H and O–H groups in total. The summed E-state index contributed by atoms with van der Waals surface area (Å²) in [5.74, 6) is -11.6. The SMILES string of the molecule is N=C(N)c1c(F)c(F)c(C(=O)O)c(F)c1F. The number of amidine groups is 1. The minimum atomic E-state index is -2.16. The third-order valence-corrected chi connectivity index (χ3v) is 1.75. The first-order valence-corrected chi connectivity index (χ1v) is 3.72. The topological polar surface area (TPSA) is 87.2 Å². The molecule has 4 nitrogen and oxygen atoms in total. The second-order valence-electron chi connectivity index (χ2n) is 2.72. The number of nitrogens with two attached hydrogens (primary N) is 1. The molecule has 0 aliphatic carbocycles. The van der Waals surface area contributed by atoms with Gasteiger partial charge in [0.2, 0.25) is 0 Å². The Morgan fingerprint density at radius 2 is 1.31 bits per heavy atom. The number of nitrogens with one attached hydrogen (secondary N) is 1. The molecule has 0 bridgehead atoms. The molecule has 0 saturated carbocycles. The average Bonchev–Trinajstić information content (AvgIpc) is 2.14. The fraction of sp³-hybridized carbons (Fsp3) is 0. The van der Waals surface area contributed by atoms with Gasteiger partial charge in [0.25, 0.3) is 0 Å². The average molecular weight is 236 g/mol. The van der Waals surface area contributed by atoms with Crippen LogP contribution in [0.2, 0.25) is 0 Å². The van der Waals surface area contributed by atoms with E-state index < -0.39 is 46.2 Å². The van der Waals surface area contributed by atoms with Crippen molar-refractivity contribution < 1.29 is 27.5 Å². The van der Waals surface area contributed by atoms with Crippen molar-refractivity contribution in [3.05, 3.63) is 34.4 Å². The van der Waals surface area contributed by atoms with Crippen molar-refractivity contribution in [1.82, 2.24) is 0 Å². The van der Waals surface area contributed by atoms with Gasteiger partial charge in [-0.05, 0) is 0 Å². The summed E-state index contributed by atoms with van der Waals surface area (Å²) in [6, 6.07) is 0. The van der Waals surface area contributed by atoms with E-state index in [9.17, 15) is 22.4 Å². The minimum absolute atomic E-state index is 1.25. The van der Waals surface area contributed by atoms with E-state index in [4.69, 9.17) is 16.2 Å². The monoisotopic (exact) mass is 236 g/mol. The zero-order chi connectivity index (χ0) is 12.6. The van der Waals surface area contributed by atoms with Crippen LogP contribution in [0, 0.1) is 28.7 Å². The Morgan fingerprint density at radius 3 is 1.56 bits per heavy atom. The summed E-state index contributed by atoms with van der Waals surface area (Å²) in [5.41, 5.74) is 1.51. The molecule has 1 rings (SSSR count). The van der Waals surface area contributed by atoms with Crippen LogP contribution in [0.3, 0.4) is 0 Å². The summed E-state index contributed by atoms with van der Waals surface area (Å²) in [5, 5.41) is 15.0. The van der Waals surface area contributed by atoms with Crippen LogP contribution in [0.15, 0.2) is 0 Å². The molecule has 16 heavy (non-hydrogen) atoms. The van der Waals surface area contributed by atoms with Crippen LogP contribution < -0.4 is 5.73 Å². The molecule has 0 saturated heterocycles. The van der Waals surface area contributed by atoms with Crippen molar-refractivity contribution in [3.63, 3.8) is 0 Å². The summed E-state index contributed by atoms with van der Waals surface area (Å²) >= 11 is 0. The number of hydrogen-bond acceptors (Lipinski definition) is 2. The number of carboxylic acids is 1. The van der Waals surface area contributed by atoms with Crippen LogP contribution in [-0.2, 0) is 0 Å². The molecule has 0 aliphatic rings. The van der Waals surface area contributed by atoms with Crippen molar-refractivity contribution in [1.29, 1.82) is 5.41 Å². The van der Waals surface area contributed by atoms with Crippen molar-refractivity contribution in [2.75, 3.05) is 0 Å². The smallest absolute Gasteiger partial charge is 0.341 e. The Kier molecular flexibility index (Phi) is 2.84. The van der Waals surface area contributed by atoms with Crippen LogP contribution >= 0.6 is 0 Å². The molecular weight excluding hydrogens is 232 g/mol. The van der Waals surface area contributed by atoms with Crippen molar-refractivity contribution in [2.24, 2.45) is 5.73 Å². The Morgan fingerprint density at radius 1 is 1.00 bits per heavy atom. The predicted octanol–water partition coefficient (Wildman–Crippen LogP) is 1.23.